The molecule has 0 saturated carbocycles. The van der Waals surface area contributed by atoms with Crippen molar-refractivity contribution in [2.75, 3.05) is 13.1 Å². The van der Waals surface area contributed by atoms with Crippen molar-refractivity contribution in [3.05, 3.63) is 22.9 Å². The lowest BCUT2D eigenvalue weighted by Gasteiger charge is -2.20. The molecule has 3 heterocycles. The number of β-amino-alcohol motifs (C(OH)–C–C–N with tert-alkyl or cyclic N) is 1. The smallest absolute Gasteiger partial charge is 0.245 e. The quantitative estimate of drug-likeness (QED) is 0.829. The van der Waals surface area contributed by atoms with Gasteiger partial charge < -0.3 is 10.1 Å². The van der Waals surface area contributed by atoms with Gasteiger partial charge in [0.2, 0.25) is 10.0 Å². The zero-order valence-corrected chi connectivity index (χ0v) is 13.9. The van der Waals surface area contributed by atoms with Crippen LogP contribution in [0.1, 0.15) is 12.8 Å². The summed E-state index contributed by atoms with van der Waals surface area (Å²) in [4.78, 5) is 7.08. The molecule has 116 valence electrons. The fourth-order valence-corrected chi connectivity index (χ4v) is 4.61. The van der Waals surface area contributed by atoms with Crippen LogP contribution >= 0.6 is 15.9 Å². The maximum Gasteiger partial charge on any atom is 0.245 e. The second kappa shape index (κ2) is 5.31. The summed E-state index contributed by atoms with van der Waals surface area (Å²) in [6.45, 7) is 0.117. The number of nitrogens with zero attached hydrogens (tertiary/aromatic N) is 3. The lowest BCUT2D eigenvalue weighted by molar-refractivity contribution is 0.0609. The Hall–Kier alpha value is -1.47. The molecule has 7 nitrogen and oxygen atoms in total. The van der Waals surface area contributed by atoms with Crippen LogP contribution in [-0.4, -0.2) is 46.5 Å². The first kappa shape index (κ1) is 15.4. The van der Waals surface area contributed by atoms with Gasteiger partial charge in [-0.1, -0.05) is 0 Å². The number of aliphatic hydroxyl groups is 1. The van der Waals surface area contributed by atoms with Crippen molar-refractivity contribution < 1.29 is 13.5 Å². The molecule has 0 amide bonds. The van der Waals surface area contributed by atoms with Gasteiger partial charge in [0.05, 0.1) is 18.1 Å². The lowest BCUT2D eigenvalue weighted by Crippen LogP contribution is -2.35. The van der Waals surface area contributed by atoms with Crippen LogP contribution in [0.5, 0.6) is 0 Å². The second-order valence-electron chi connectivity index (χ2n) is 5.35. The molecule has 1 fully saturated rings. The Balaban J connectivity index is 2.00. The van der Waals surface area contributed by atoms with E-state index in [0.717, 1.165) is 0 Å². The molecule has 9 heteroatoms. The first-order chi connectivity index (χ1) is 10.4. The number of fused-ring (bicyclic) bond motifs is 1. The Morgan fingerprint density at radius 2 is 2.36 bits per heavy atom. The first-order valence-corrected chi connectivity index (χ1v) is 8.81. The molecular formula is C13H13BrN4O3S. The fourth-order valence-electron chi connectivity index (χ4n) is 2.62. The largest absolute Gasteiger partial charge is 0.387 e. The Morgan fingerprint density at radius 1 is 1.59 bits per heavy atom. The highest BCUT2D eigenvalue weighted by Crippen LogP contribution is 2.32. The number of hydrogen-bond acceptors (Lipinski definition) is 5. The summed E-state index contributed by atoms with van der Waals surface area (Å²) < 4.78 is 27.5. The average molecular weight is 385 g/mol. The van der Waals surface area contributed by atoms with E-state index in [1.165, 1.54) is 10.5 Å². The molecule has 2 aromatic rings. The standard InChI is InChI=1S/C13H13BrN4O3S/c14-9-5-10-11(7-17-12(10)16-6-9)22(20,21)18-4-2-13(19,8-18)1-3-15/h5-7,19H,1-2,4,8H2,(H,16,17)/t13-/m0/s1. The Bertz CT molecular complexity index is 873. The molecule has 1 aliphatic heterocycles. The van der Waals surface area contributed by atoms with Crippen LogP contribution in [0.15, 0.2) is 27.8 Å². The second-order valence-corrected chi connectivity index (χ2v) is 8.17. The highest BCUT2D eigenvalue weighted by atomic mass is 79.9. The van der Waals surface area contributed by atoms with Gasteiger partial charge in [0.1, 0.15) is 10.5 Å². The molecule has 1 aliphatic rings. The van der Waals surface area contributed by atoms with E-state index in [1.54, 1.807) is 12.3 Å². The van der Waals surface area contributed by atoms with Gasteiger partial charge in [-0.15, -0.1) is 0 Å². The first-order valence-electron chi connectivity index (χ1n) is 6.58. The van der Waals surface area contributed by atoms with E-state index in [0.29, 0.717) is 15.5 Å². The van der Waals surface area contributed by atoms with Gasteiger partial charge >= 0.3 is 0 Å². The minimum atomic E-state index is -3.76. The van der Waals surface area contributed by atoms with Crippen LogP contribution in [-0.2, 0) is 10.0 Å². The molecule has 1 saturated heterocycles. The van der Waals surface area contributed by atoms with Crippen molar-refractivity contribution in [3.63, 3.8) is 0 Å². The Kier molecular flexibility index (Phi) is 3.72. The maximum atomic E-state index is 12.8. The van der Waals surface area contributed by atoms with Gasteiger partial charge in [0, 0.05) is 35.3 Å². The number of halogens is 1. The van der Waals surface area contributed by atoms with Crippen molar-refractivity contribution in [1.29, 1.82) is 5.26 Å². The van der Waals surface area contributed by atoms with Crippen molar-refractivity contribution >= 4 is 37.0 Å². The molecule has 0 aliphatic carbocycles. The Labute approximate surface area is 135 Å². The fraction of sp³-hybridized carbons (Fsp3) is 0.385. The van der Waals surface area contributed by atoms with Gasteiger partial charge in [-0.05, 0) is 28.4 Å². The number of rotatable bonds is 3. The minimum Gasteiger partial charge on any atom is -0.387 e. The van der Waals surface area contributed by atoms with Crippen molar-refractivity contribution in [1.82, 2.24) is 14.3 Å². The van der Waals surface area contributed by atoms with Gasteiger partial charge in [-0.25, -0.2) is 13.4 Å². The SMILES string of the molecule is N#CC[C@]1(O)CCN(S(=O)(=O)c2c[nH]c3ncc(Br)cc23)C1. The molecule has 2 aromatic heterocycles. The molecular weight excluding hydrogens is 372 g/mol. The van der Waals surface area contributed by atoms with E-state index in [4.69, 9.17) is 5.26 Å². The summed E-state index contributed by atoms with van der Waals surface area (Å²) in [6, 6.07) is 3.58. The van der Waals surface area contributed by atoms with E-state index in [1.807, 2.05) is 6.07 Å². The molecule has 2 N–H and O–H groups in total. The molecule has 22 heavy (non-hydrogen) atoms. The third kappa shape index (κ3) is 2.52. The lowest BCUT2D eigenvalue weighted by atomic mass is 10.0. The zero-order valence-electron chi connectivity index (χ0n) is 11.5. The predicted octanol–water partition coefficient (Wildman–Crippen LogP) is 1.36. The molecule has 0 radical (unpaired) electrons. The van der Waals surface area contributed by atoms with Crippen molar-refractivity contribution in [3.8, 4) is 6.07 Å². The number of aromatic nitrogens is 2. The minimum absolute atomic E-state index is 0.0724. The van der Waals surface area contributed by atoms with Crippen molar-refractivity contribution in [2.24, 2.45) is 0 Å². The summed E-state index contributed by atoms with van der Waals surface area (Å²) in [7, 11) is -3.76. The van der Waals surface area contributed by atoms with Gasteiger partial charge in [0.15, 0.2) is 0 Å². The molecule has 0 bridgehead atoms. The number of nitriles is 1. The molecule has 0 spiro atoms. The molecule has 0 aromatic carbocycles. The topological polar surface area (TPSA) is 110 Å². The monoisotopic (exact) mass is 384 g/mol. The number of pyridine rings is 1. The van der Waals surface area contributed by atoms with Crippen LogP contribution in [0.2, 0.25) is 0 Å². The van der Waals surface area contributed by atoms with Crippen LogP contribution in [0, 0.1) is 11.3 Å². The number of aromatic amines is 1. The molecule has 0 unspecified atom stereocenters. The van der Waals surface area contributed by atoms with Gasteiger partial charge in [-0.2, -0.15) is 9.57 Å². The van der Waals surface area contributed by atoms with E-state index in [9.17, 15) is 13.5 Å². The zero-order chi connectivity index (χ0) is 16.0. The van der Waals surface area contributed by atoms with Gasteiger partial charge in [0.25, 0.3) is 0 Å². The summed E-state index contributed by atoms with van der Waals surface area (Å²) in [5, 5.41) is 19.5. The summed E-state index contributed by atoms with van der Waals surface area (Å²) >= 11 is 3.28. The highest BCUT2D eigenvalue weighted by Gasteiger charge is 2.42. The maximum absolute atomic E-state index is 12.8. The van der Waals surface area contributed by atoms with Crippen LogP contribution in [0.4, 0.5) is 0 Å². The average Bonchev–Trinajstić information content (AvgIpc) is 3.03. The highest BCUT2D eigenvalue weighted by molar-refractivity contribution is 9.10. The van der Waals surface area contributed by atoms with Crippen LogP contribution < -0.4 is 0 Å². The Morgan fingerprint density at radius 3 is 3.09 bits per heavy atom. The summed E-state index contributed by atoms with van der Waals surface area (Å²) in [6.07, 6.45) is 3.15. The normalized spacial score (nSPS) is 23.0. The number of sulfonamides is 1. The third-order valence-electron chi connectivity index (χ3n) is 3.78. The predicted molar refractivity (Wildman–Crippen MR) is 82.3 cm³/mol. The van der Waals surface area contributed by atoms with Crippen molar-refractivity contribution in [2.45, 2.75) is 23.3 Å². The van der Waals surface area contributed by atoms with E-state index < -0.39 is 15.6 Å². The third-order valence-corrected chi connectivity index (χ3v) is 6.10. The summed E-state index contributed by atoms with van der Waals surface area (Å²) in [5.74, 6) is 0. The number of nitrogens with one attached hydrogen (secondary N) is 1. The number of H-pyrrole nitrogens is 1. The van der Waals surface area contributed by atoms with E-state index in [-0.39, 0.29) is 30.8 Å². The molecule has 1 atom stereocenters. The van der Waals surface area contributed by atoms with Crippen LogP contribution in [0.25, 0.3) is 11.0 Å². The van der Waals surface area contributed by atoms with E-state index >= 15 is 0 Å². The van der Waals surface area contributed by atoms with Gasteiger partial charge in [-0.3, -0.25) is 0 Å². The number of hydrogen-bond donors (Lipinski definition) is 2. The molecule has 3 rings (SSSR count). The van der Waals surface area contributed by atoms with Crippen LogP contribution in [0.3, 0.4) is 0 Å². The van der Waals surface area contributed by atoms with E-state index in [2.05, 4.69) is 25.9 Å². The summed E-state index contributed by atoms with van der Waals surface area (Å²) in [5.41, 5.74) is -0.791.